The SMILES string of the molecule is Cc1cc(C)cc(-c2ccc(F)c(CNC(C)C)c2)c1. The summed E-state index contributed by atoms with van der Waals surface area (Å²) in [7, 11) is 0. The van der Waals surface area contributed by atoms with E-state index < -0.39 is 0 Å². The van der Waals surface area contributed by atoms with Gasteiger partial charge < -0.3 is 5.32 Å². The molecule has 0 bridgehead atoms. The van der Waals surface area contributed by atoms with Crippen LogP contribution in [0, 0.1) is 19.7 Å². The topological polar surface area (TPSA) is 12.0 Å². The Labute approximate surface area is 120 Å². The van der Waals surface area contributed by atoms with Gasteiger partial charge in [-0.2, -0.15) is 0 Å². The summed E-state index contributed by atoms with van der Waals surface area (Å²) in [6.45, 7) is 8.85. The van der Waals surface area contributed by atoms with E-state index in [-0.39, 0.29) is 5.82 Å². The zero-order valence-corrected chi connectivity index (χ0v) is 12.6. The van der Waals surface area contributed by atoms with Gasteiger partial charge in [0.25, 0.3) is 0 Å². The minimum atomic E-state index is -0.147. The lowest BCUT2D eigenvalue weighted by atomic mass is 9.99. The standard InChI is InChI=1S/C18H22FN/c1-12(2)20-11-17-10-15(5-6-18(17)19)16-8-13(3)7-14(4)9-16/h5-10,12,20H,11H2,1-4H3. The molecule has 0 spiro atoms. The van der Waals surface area contributed by atoms with Crippen molar-refractivity contribution >= 4 is 0 Å². The Bertz CT molecular complexity index is 582. The molecular weight excluding hydrogens is 249 g/mol. The number of hydrogen-bond donors (Lipinski definition) is 1. The summed E-state index contributed by atoms with van der Waals surface area (Å²) in [5, 5.41) is 3.26. The van der Waals surface area contributed by atoms with E-state index in [2.05, 4.69) is 51.2 Å². The normalized spacial score (nSPS) is 11.1. The largest absolute Gasteiger partial charge is 0.310 e. The van der Waals surface area contributed by atoms with E-state index in [0.29, 0.717) is 12.6 Å². The third-order valence-corrected chi connectivity index (χ3v) is 3.30. The second kappa shape index (κ2) is 6.19. The summed E-state index contributed by atoms with van der Waals surface area (Å²) >= 11 is 0. The Kier molecular flexibility index (Phi) is 4.56. The molecule has 0 fully saturated rings. The molecular formula is C18H22FN. The van der Waals surface area contributed by atoms with Crippen LogP contribution in [0.15, 0.2) is 36.4 Å². The Morgan fingerprint density at radius 3 is 2.20 bits per heavy atom. The summed E-state index contributed by atoms with van der Waals surface area (Å²) in [6.07, 6.45) is 0. The van der Waals surface area contributed by atoms with Crippen LogP contribution in [0.25, 0.3) is 11.1 Å². The van der Waals surface area contributed by atoms with E-state index in [1.54, 1.807) is 6.07 Å². The van der Waals surface area contributed by atoms with E-state index in [4.69, 9.17) is 0 Å². The third kappa shape index (κ3) is 3.67. The van der Waals surface area contributed by atoms with Crippen molar-refractivity contribution in [2.45, 2.75) is 40.3 Å². The first-order chi connectivity index (χ1) is 9.45. The van der Waals surface area contributed by atoms with Crippen molar-refractivity contribution in [2.24, 2.45) is 0 Å². The minimum Gasteiger partial charge on any atom is -0.310 e. The molecule has 2 aromatic carbocycles. The second-order valence-electron chi connectivity index (χ2n) is 5.72. The maximum atomic E-state index is 13.9. The number of benzene rings is 2. The van der Waals surface area contributed by atoms with Crippen LogP contribution in [0.3, 0.4) is 0 Å². The fourth-order valence-corrected chi connectivity index (χ4v) is 2.35. The molecule has 0 aromatic heterocycles. The number of hydrogen-bond acceptors (Lipinski definition) is 1. The summed E-state index contributed by atoms with van der Waals surface area (Å²) < 4.78 is 13.9. The van der Waals surface area contributed by atoms with Crippen molar-refractivity contribution in [1.82, 2.24) is 5.32 Å². The Morgan fingerprint density at radius 2 is 1.60 bits per heavy atom. The number of aryl methyl sites for hydroxylation is 2. The molecule has 0 heterocycles. The molecule has 0 saturated carbocycles. The Hall–Kier alpha value is -1.67. The molecule has 106 valence electrons. The van der Waals surface area contributed by atoms with Gasteiger partial charge in [0.15, 0.2) is 0 Å². The first-order valence-electron chi connectivity index (χ1n) is 7.06. The molecule has 2 aromatic rings. The molecule has 2 rings (SSSR count). The van der Waals surface area contributed by atoms with E-state index >= 15 is 0 Å². The fraction of sp³-hybridized carbons (Fsp3) is 0.333. The predicted octanol–water partition coefficient (Wildman–Crippen LogP) is 4.61. The second-order valence-corrected chi connectivity index (χ2v) is 5.72. The van der Waals surface area contributed by atoms with Gasteiger partial charge in [-0.25, -0.2) is 4.39 Å². The van der Waals surface area contributed by atoms with Gasteiger partial charge in [0.2, 0.25) is 0 Å². The molecule has 0 amide bonds. The van der Waals surface area contributed by atoms with Crippen molar-refractivity contribution in [3.05, 3.63) is 58.9 Å². The minimum absolute atomic E-state index is 0.147. The third-order valence-electron chi connectivity index (χ3n) is 3.30. The summed E-state index contributed by atoms with van der Waals surface area (Å²) in [5.41, 5.74) is 5.39. The van der Waals surface area contributed by atoms with E-state index in [9.17, 15) is 4.39 Å². The highest BCUT2D eigenvalue weighted by Gasteiger charge is 2.06. The van der Waals surface area contributed by atoms with Crippen LogP contribution in [-0.4, -0.2) is 6.04 Å². The highest BCUT2D eigenvalue weighted by atomic mass is 19.1. The zero-order valence-electron chi connectivity index (χ0n) is 12.6. The van der Waals surface area contributed by atoms with Crippen molar-refractivity contribution in [1.29, 1.82) is 0 Å². The van der Waals surface area contributed by atoms with Gasteiger partial charge in [0.1, 0.15) is 5.82 Å². The van der Waals surface area contributed by atoms with Gasteiger partial charge in [-0.3, -0.25) is 0 Å². The molecule has 2 heteroatoms. The maximum absolute atomic E-state index is 13.9. The van der Waals surface area contributed by atoms with E-state index in [1.807, 2.05) is 12.1 Å². The predicted molar refractivity (Wildman–Crippen MR) is 83.3 cm³/mol. The van der Waals surface area contributed by atoms with Crippen LogP contribution < -0.4 is 5.32 Å². The average molecular weight is 271 g/mol. The van der Waals surface area contributed by atoms with Crippen LogP contribution in [0.1, 0.15) is 30.5 Å². The van der Waals surface area contributed by atoms with Crippen molar-refractivity contribution in [3.63, 3.8) is 0 Å². The van der Waals surface area contributed by atoms with Crippen LogP contribution in [0.4, 0.5) is 4.39 Å². The highest BCUT2D eigenvalue weighted by Crippen LogP contribution is 2.24. The van der Waals surface area contributed by atoms with Crippen LogP contribution in [0.2, 0.25) is 0 Å². The fourth-order valence-electron chi connectivity index (χ4n) is 2.35. The lowest BCUT2D eigenvalue weighted by molar-refractivity contribution is 0.553. The Balaban J connectivity index is 2.35. The van der Waals surface area contributed by atoms with E-state index in [1.165, 1.54) is 11.1 Å². The van der Waals surface area contributed by atoms with Crippen LogP contribution >= 0.6 is 0 Å². The number of rotatable bonds is 4. The smallest absolute Gasteiger partial charge is 0.127 e. The summed E-state index contributed by atoms with van der Waals surface area (Å²) in [5.74, 6) is -0.147. The molecule has 0 aliphatic rings. The zero-order chi connectivity index (χ0) is 14.7. The number of nitrogens with one attached hydrogen (secondary N) is 1. The van der Waals surface area contributed by atoms with Crippen molar-refractivity contribution in [3.8, 4) is 11.1 Å². The summed E-state index contributed by atoms with van der Waals surface area (Å²) in [4.78, 5) is 0. The molecule has 0 radical (unpaired) electrons. The van der Waals surface area contributed by atoms with Crippen molar-refractivity contribution in [2.75, 3.05) is 0 Å². The summed E-state index contributed by atoms with van der Waals surface area (Å²) in [6, 6.07) is 12.1. The Morgan fingerprint density at radius 1 is 0.950 bits per heavy atom. The molecule has 1 N–H and O–H groups in total. The monoisotopic (exact) mass is 271 g/mol. The maximum Gasteiger partial charge on any atom is 0.127 e. The van der Waals surface area contributed by atoms with Gasteiger partial charge >= 0.3 is 0 Å². The quantitative estimate of drug-likeness (QED) is 0.856. The molecule has 0 atom stereocenters. The molecule has 0 aliphatic heterocycles. The molecule has 1 nitrogen and oxygen atoms in total. The number of halogens is 1. The van der Waals surface area contributed by atoms with E-state index in [0.717, 1.165) is 16.7 Å². The first-order valence-corrected chi connectivity index (χ1v) is 7.06. The van der Waals surface area contributed by atoms with Crippen molar-refractivity contribution < 1.29 is 4.39 Å². The average Bonchev–Trinajstić information content (AvgIpc) is 2.36. The molecule has 20 heavy (non-hydrogen) atoms. The van der Waals surface area contributed by atoms with Gasteiger partial charge in [-0.15, -0.1) is 0 Å². The molecule has 0 unspecified atom stereocenters. The molecule has 0 aliphatic carbocycles. The van der Waals surface area contributed by atoms with Gasteiger partial charge in [0.05, 0.1) is 0 Å². The lowest BCUT2D eigenvalue weighted by Crippen LogP contribution is -2.22. The highest BCUT2D eigenvalue weighted by molar-refractivity contribution is 5.66. The first kappa shape index (κ1) is 14.7. The lowest BCUT2D eigenvalue weighted by Gasteiger charge is -2.11. The van der Waals surface area contributed by atoms with Crippen LogP contribution in [0.5, 0.6) is 0 Å². The van der Waals surface area contributed by atoms with Gasteiger partial charge in [0, 0.05) is 18.2 Å². The molecule has 0 saturated heterocycles. The van der Waals surface area contributed by atoms with Gasteiger partial charge in [-0.1, -0.05) is 49.2 Å². The van der Waals surface area contributed by atoms with Gasteiger partial charge in [-0.05, 0) is 37.1 Å². The van der Waals surface area contributed by atoms with Crippen LogP contribution in [-0.2, 0) is 6.54 Å².